The Morgan fingerprint density at radius 1 is 1.50 bits per heavy atom. The second-order valence-corrected chi connectivity index (χ2v) is 4.22. The first-order valence-electron chi connectivity index (χ1n) is 5.87. The minimum Gasteiger partial charge on any atom is -0.481 e. The molecule has 7 heteroatoms. The van der Waals surface area contributed by atoms with E-state index >= 15 is 0 Å². The van der Waals surface area contributed by atoms with Gasteiger partial charge >= 0.3 is 12.1 Å². The molecule has 4 nitrogen and oxygen atoms in total. The van der Waals surface area contributed by atoms with E-state index in [0.717, 1.165) is 18.2 Å². The zero-order valence-corrected chi connectivity index (χ0v) is 10.7. The topological polar surface area (TPSA) is 73.1 Å². The minimum absolute atomic E-state index is 0.163. The van der Waals surface area contributed by atoms with Crippen LogP contribution in [-0.4, -0.2) is 17.1 Å². The van der Waals surface area contributed by atoms with Crippen molar-refractivity contribution >= 4 is 11.7 Å². The number of hydrogen-bond acceptors (Lipinski definition) is 3. The molecule has 0 aromatic heterocycles. The molecular formula is C13H13F3N2O2. The number of hydrogen-bond donors (Lipinski definition) is 2. The van der Waals surface area contributed by atoms with Crippen LogP contribution in [0.1, 0.15) is 30.9 Å². The lowest BCUT2D eigenvalue weighted by Gasteiger charge is -2.18. The van der Waals surface area contributed by atoms with Crippen LogP contribution in [0.2, 0.25) is 0 Å². The summed E-state index contributed by atoms with van der Waals surface area (Å²) in [5.41, 5.74) is -0.872. The van der Waals surface area contributed by atoms with Gasteiger partial charge in [0.1, 0.15) is 6.07 Å². The molecule has 108 valence electrons. The molecule has 1 rings (SSSR count). The first-order chi connectivity index (χ1) is 9.27. The van der Waals surface area contributed by atoms with Crippen molar-refractivity contribution in [2.75, 3.05) is 5.32 Å². The van der Waals surface area contributed by atoms with E-state index in [2.05, 4.69) is 5.32 Å². The minimum atomic E-state index is -4.52. The average molecular weight is 286 g/mol. The van der Waals surface area contributed by atoms with Gasteiger partial charge in [-0.25, -0.2) is 0 Å². The zero-order valence-electron chi connectivity index (χ0n) is 10.7. The molecule has 2 N–H and O–H groups in total. The molecule has 0 radical (unpaired) electrons. The van der Waals surface area contributed by atoms with Gasteiger partial charge in [0.2, 0.25) is 0 Å². The maximum atomic E-state index is 12.5. The first kappa shape index (κ1) is 15.8. The highest BCUT2D eigenvalue weighted by molar-refractivity contribution is 5.69. The average Bonchev–Trinajstić information content (AvgIpc) is 2.36. The van der Waals surface area contributed by atoms with Crippen LogP contribution in [0.15, 0.2) is 18.2 Å². The number of carbonyl (C=O) groups is 1. The maximum absolute atomic E-state index is 12.5. The number of aliphatic carboxylic acids is 1. The molecule has 1 unspecified atom stereocenters. The van der Waals surface area contributed by atoms with Gasteiger partial charge in [-0.2, -0.15) is 18.4 Å². The van der Waals surface area contributed by atoms with E-state index in [1.807, 2.05) is 0 Å². The van der Waals surface area contributed by atoms with Crippen LogP contribution in [0, 0.1) is 11.3 Å². The summed E-state index contributed by atoms with van der Waals surface area (Å²) in [6.07, 6.45) is -4.23. The second kappa shape index (κ2) is 6.28. The van der Waals surface area contributed by atoms with E-state index < -0.39 is 23.8 Å². The van der Waals surface area contributed by atoms with Gasteiger partial charge in [-0.1, -0.05) is 6.92 Å². The summed E-state index contributed by atoms with van der Waals surface area (Å²) in [6, 6.07) is 3.98. The number of nitrogens with zero attached hydrogens (tertiary/aromatic N) is 1. The van der Waals surface area contributed by atoms with Crippen molar-refractivity contribution in [1.29, 1.82) is 5.26 Å². The Balaban J connectivity index is 3.02. The number of carboxylic acid groups (broad SMARTS) is 1. The molecule has 0 saturated carbocycles. The van der Waals surface area contributed by atoms with E-state index in [-0.39, 0.29) is 17.7 Å². The van der Waals surface area contributed by atoms with Crippen molar-refractivity contribution < 1.29 is 23.1 Å². The molecule has 0 heterocycles. The van der Waals surface area contributed by atoms with E-state index in [1.165, 1.54) is 0 Å². The van der Waals surface area contributed by atoms with Gasteiger partial charge in [-0.15, -0.1) is 0 Å². The summed E-state index contributed by atoms with van der Waals surface area (Å²) in [6.45, 7) is 1.75. The van der Waals surface area contributed by atoms with Crippen LogP contribution < -0.4 is 5.32 Å². The molecule has 1 atom stereocenters. The quantitative estimate of drug-likeness (QED) is 0.871. The number of nitrogens with one attached hydrogen (secondary N) is 1. The molecular weight excluding hydrogens is 273 g/mol. The molecule has 0 aliphatic heterocycles. The highest BCUT2D eigenvalue weighted by atomic mass is 19.4. The molecule has 1 aromatic carbocycles. The van der Waals surface area contributed by atoms with Crippen molar-refractivity contribution in [2.45, 2.75) is 32.0 Å². The molecule has 0 spiro atoms. The Morgan fingerprint density at radius 3 is 2.60 bits per heavy atom. The highest BCUT2D eigenvalue weighted by Gasteiger charge is 2.31. The second-order valence-electron chi connectivity index (χ2n) is 4.22. The van der Waals surface area contributed by atoms with Crippen LogP contribution in [0.25, 0.3) is 0 Å². The molecule has 0 aliphatic rings. The number of anilines is 1. The molecule has 0 aliphatic carbocycles. The molecule has 0 bridgehead atoms. The Hall–Kier alpha value is -2.23. The van der Waals surface area contributed by atoms with Crippen LogP contribution in [-0.2, 0) is 11.0 Å². The predicted molar refractivity (Wildman–Crippen MR) is 66.1 cm³/mol. The van der Waals surface area contributed by atoms with Gasteiger partial charge in [0.15, 0.2) is 0 Å². The van der Waals surface area contributed by atoms with E-state index in [4.69, 9.17) is 10.4 Å². The van der Waals surface area contributed by atoms with Crippen LogP contribution in [0.4, 0.5) is 18.9 Å². The van der Waals surface area contributed by atoms with Gasteiger partial charge in [-0.05, 0) is 24.6 Å². The van der Waals surface area contributed by atoms with Crippen molar-refractivity contribution in [3.8, 4) is 6.07 Å². The smallest absolute Gasteiger partial charge is 0.416 e. The Kier molecular flexibility index (Phi) is 4.97. The monoisotopic (exact) mass is 286 g/mol. The zero-order chi connectivity index (χ0) is 15.3. The SMILES string of the molecule is CCC(CC(=O)O)Nc1ccc(C(F)(F)F)cc1C#N. The summed E-state index contributed by atoms with van der Waals surface area (Å²) < 4.78 is 37.6. The normalized spacial score (nSPS) is 12.6. The number of rotatable bonds is 5. The van der Waals surface area contributed by atoms with Gasteiger partial charge in [0.05, 0.1) is 23.2 Å². The van der Waals surface area contributed by atoms with E-state index in [1.54, 1.807) is 13.0 Å². The maximum Gasteiger partial charge on any atom is 0.416 e. The number of nitriles is 1. The Morgan fingerprint density at radius 2 is 2.15 bits per heavy atom. The standard InChI is InChI=1S/C13H13F3N2O2/c1-2-10(6-12(19)20)18-11-4-3-9(13(14,15)16)5-8(11)7-17/h3-5,10,18H,2,6H2,1H3,(H,19,20). The lowest BCUT2D eigenvalue weighted by Crippen LogP contribution is -2.22. The van der Waals surface area contributed by atoms with Gasteiger partial charge < -0.3 is 10.4 Å². The van der Waals surface area contributed by atoms with Crippen molar-refractivity contribution in [3.63, 3.8) is 0 Å². The molecule has 1 aromatic rings. The van der Waals surface area contributed by atoms with Crippen molar-refractivity contribution in [1.82, 2.24) is 0 Å². The molecule has 0 saturated heterocycles. The van der Waals surface area contributed by atoms with E-state index in [9.17, 15) is 18.0 Å². The fraction of sp³-hybridized carbons (Fsp3) is 0.385. The summed E-state index contributed by atoms with van der Waals surface area (Å²) in [4.78, 5) is 10.6. The van der Waals surface area contributed by atoms with Crippen LogP contribution in [0.5, 0.6) is 0 Å². The Labute approximate surface area is 113 Å². The van der Waals surface area contributed by atoms with Crippen LogP contribution >= 0.6 is 0 Å². The van der Waals surface area contributed by atoms with Crippen molar-refractivity contribution in [2.24, 2.45) is 0 Å². The molecule has 0 fully saturated rings. The van der Waals surface area contributed by atoms with Gasteiger partial charge in [0.25, 0.3) is 0 Å². The molecule has 20 heavy (non-hydrogen) atoms. The van der Waals surface area contributed by atoms with Crippen LogP contribution in [0.3, 0.4) is 0 Å². The summed E-state index contributed by atoms with van der Waals surface area (Å²) in [5, 5.41) is 20.4. The largest absolute Gasteiger partial charge is 0.481 e. The third kappa shape index (κ3) is 4.16. The number of carboxylic acids is 1. The summed E-state index contributed by atoms with van der Waals surface area (Å²) in [5.74, 6) is -1.02. The first-order valence-corrected chi connectivity index (χ1v) is 5.87. The number of benzene rings is 1. The molecule has 0 amide bonds. The summed E-state index contributed by atoms with van der Waals surface area (Å²) >= 11 is 0. The highest BCUT2D eigenvalue weighted by Crippen LogP contribution is 2.32. The lowest BCUT2D eigenvalue weighted by molar-refractivity contribution is -0.138. The fourth-order valence-electron chi connectivity index (χ4n) is 1.67. The number of alkyl halides is 3. The van der Waals surface area contributed by atoms with Gasteiger partial charge in [0, 0.05) is 6.04 Å². The fourth-order valence-corrected chi connectivity index (χ4v) is 1.67. The predicted octanol–water partition coefficient (Wildman–Crippen LogP) is 3.24. The lowest BCUT2D eigenvalue weighted by atomic mass is 10.1. The van der Waals surface area contributed by atoms with Crippen molar-refractivity contribution in [3.05, 3.63) is 29.3 Å². The Bertz CT molecular complexity index is 535. The van der Waals surface area contributed by atoms with Gasteiger partial charge in [-0.3, -0.25) is 4.79 Å². The third-order valence-corrected chi connectivity index (χ3v) is 2.74. The van der Waals surface area contributed by atoms with E-state index in [0.29, 0.717) is 6.42 Å². The summed E-state index contributed by atoms with van der Waals surface area (Å²) in [7, 11) is 0. The number of halogens is 3. The third-order valence-electron chi connectivity index (χ3n) is 2.74.